The van der Waals surface area contributed by atoms with E-state index in [0.717, 1.165) is 22.8 Å². The van der Waals surface area contributed by atoms with Crippen molar-refractivity contribution >= 4 is 23.1 Å². The molecule has 0 unspecified atom stereocenters. The third-order valence-corrected chi connectivity index (χ3v) is 2.77. The van der Waals surface area contributed by atoms with Crippen LogP contribution in [0.1, 0.15) is 5.56 Å². The number of nitrogen functional groups attached to an aromatic ring is 1. The number of halogens is 1. The molecular weight excluding hydrogens is 234 g/mol. The van der Waals surface area contributed by atoms with Crippen LogP contribution in [0.3, 0.4) is 0 Å². The Labute approximate surface area is 106 Å². The largest absolute Gasteiger partial charge is 0.382 e. The van der Waals surface area contributed by atoms with Gasteiger partial charge in [0.2, 0.25) is 0 Å². The Hall–Kier alpha value is -1.74. The molecule has 1 heterocycles. The van der Waals surface area contributed by atoms with Gasteiger partial charge in [0.25, 0.3) is 0 Å². The quantitative estimate of drug-likeness (QED) is 0.907. The van der Waals surface area contributed by atoms with Crippen molar-refractivity contribution in [1.29, 1.82) is 0 Å². The lowest BCUT2D eigenvalue weighted by Crippen LogP contribution is -2.18. The molecule has 0 aliphatic carbocycles. The van der Waals surface area contributed by atoms with E-state index in [2.05, 4.69) is 4.98 Å². The van der Waals surface area contributed by atoms with Crippen LogP contribution >= 0.6 is 11.6 Å². The molecule has 1 aromatic heterocycles. The third-order valence-electron chi connectivity index (χ3n) is 2.54. The molecule has 17 heavy (non-hydrogen) atoms. The molecule has 0 atom stereocenters. The monoisotopic (exact) mass is 247 g/mol. The van der Waals surface area contributed by atoms with Crippen LogP contribution in [-0.4, -0.2) is 12.0 Å². The van der Waals surface area contributed by atoms with Crippen LogP contribution < -0.4 is 10.6 Å². The predicted octanol–water partition coefficient (Wildman–Crippen LogP) is 2.95. The fourth-order valence-electron chi connectivity index (χ4n) is 1.73. The molecule has 0 spiro atoms. The number of hydrogen-bond acceptors (Lipinski definition) is 3. The highest BCUT2D eigenvalue weighted by atomic mass is 35.5. The Kier molecular flexibility index (Phi) is 3.49. The molecule has 0 bridgehead atoms. The molecule has 0 aliphatic rings. The highest BCUT2D eigenvalue weighted by Gasteiger charge is 2.06. The van der Waals surface area contributed by atoms with Gasteiger partial charge in [0.05, 0.1) is 5.69 Å². The lowest BCUT2D eigenvalue weighted by atomic mass is 10.2. The summed E-state index contributed by atoms with van der Waals surface area (Å²) in [6.45, 7) is 0.746. The Bertz CT molecular complexity index is 514. The molecule has 0 saturated carbocycles. The molecule has 0 radical (unpaired) electrons. The van der Waals surface area contributed by atoms with Gasteiger partial charge in [0, 0.05) is 24.8 Å². The van der Waals surface area contributed by atoms with Gasteiger partial charge >= 0.3 is 0 Å². The second kappa shape index (κ2) is 5.06. The Balaban J connectivity index is 2.17. The summed E-state index contributed by atoms with van der Waals surface area (Å²) in [6.07, 6.45) is 1.69. The van der Waals surface area contributed by atoms with Gasteiger partial charge in [0.15, 0.2) is 0 Å². The SMILES string of the molecule is CN(Cc1cccc(Cl)c1)c1cccnc1N. The maximum Gasteiger partial charge on any atom is 0.146 e. The predicted molar refractivity (Wildman–Crippen MR) is 72.2 cm³/mol. The first-order chi connectivity index (χ1) is 8.16. The van der Waals surface area contributed by atoms with Crippen molar-refractivity contribution in [1.82, 2.24) is 4.98 Å². The Morgan fingerprint density at radius 2 is 2.12 bits per heavy atom. The van der Waals surface area contributed by atoms with Gasteiger partial charge in [-0.2, -0.15) is 0 Å². The maximum atomic E-state index is 5.95. The number of benzene rings is 1. The van der Waals surface area contributed by atoms with Crippen molar-refractivity contribution in [2.45, 2.75) is 6.54 Å². The number of aromatic nitrogens is 1. The second-order valence-corrected chi connectivity index (χ2v) is 4.33. The topological polar surface area (TPSA) is 42.2 Å². The highest BCUT2D eigenvalue weighted by Crippen LogP contribution is 2.21. The van der Waals surface area contributed by atoms with E-state index >= 15 is 0 Å². The highest BCUT2D eigenvalue weighted by molar-refractivity contribution is 6.30. The summed E-state index contributed by atoms with van der Waals surface area (Å²) < 4.78 is 0. The normalized spacial score (nSPS) is 10.2. The molecule has 2 rings (SSSR count). The first-order valence-electron chi connectivity index (χ1n) is 5.33. The second-order valence-electron chi connectivity index (χ2n) is 3.89. The van der Waals surface area contributed by atoms with E-state index in [1.54, 1.807) is 6.20 Å². The van der Waals surface area contributed by atoms with Gasteiger partial charge in [-0.1, -0.05) is 23.7 Å². The Morgan fingerprint density at radius 3 is 2.82 bits per heavy atom. The van der Waals surface area contributed by atoms with E-state index in [4.69, 9.17) is 17.3 Å². The van der Waals surface area contributed by atoms with E-state index in [1.807, 2.05) is 48.3 Å². The minimum Gasteiger partial charge on any atom is -0.382 e. The van der Waals surface area contributed by atoms with E-state index in [-0.39, 0.29) is 0 Å². The van der Waals surface area contributed by atoms with Crippen LogP contribution in [0.5, 0.6) is 0 Å². The summed E-state index contributed by atoms with van der Waals surface area (Å²) in [7, 11) is 1.98. The van der Waals surface area contributed by atoms with Crippen LogP contribution in [0.4, 0.5) is 11.5 Å². The number of nitrogens with zero attached hydrogens (tertiary/aromatic N) is 2. The molecular formula is C13H14ClN3. The summed E-state index contributed by atoms with van der Waals surface area (Å²) in [5, 5.41) is 0.745. The van der Waals surface area contributed by atoms with E-state index in [1.165, 1.54) is 0 Å². The molecule has 4 heteroatoms. The van der Waals surface area contributed by atoms with Gasteiger partial charge in [-0.15, -0.1) is 0 Å². The summed E-state index contributed by atoms with van der Waals surface area (Å²) in [6, 6.07) is 11.6. The van der Waals surface area contributed by atoms with Crippen molar-refractivity contribution in [3.8, 4) is 0 Å². The summed E-state index contributed by atoms with van der Waals surface area (Å²) in [4.78, 5) is 6.12. The van der Waals surface area contributed by atoms with Gasteiger partial charge < -0.3 is 10.6 Å². The van der Waals surface area contributed by atoms with Gasteiger partial charge in [-0.3, -0.25) is 0 Å². The number of pyridine rings is 1. The zero-order chi connectivity index (χ0) is 12.3. The minimum atomic E-state index is 0.539. The molecule has 3 nitrogen and oxygen atoms in total. The number of rotatable bonds is 3. The van der Waals surface area contributed by atoms with Crippen LogP contribution in [0, 0.1) is 0 Å². The van der Waals surface area contributed by atoms with Crippen molar-refractivity contribution in [2.24, 2.45) is 0 Å². The van der Waals surface area contributed by atoms with Crippen LogP contribution in [-0.2, 0) is 6.54 Å². The zero-order valence-corrected chi connectivity index (χ0v) is 10.4. The van der Waals surface area contributed by atoms with Gasteiger partial charge in [-0.25, -0.2) is 4.98 Å². The standard InChI is InChI=1S/C13H14ClN3/c1-17(12-6-3-7-16-13(12)15)9-10-4-2-5-11(14)8-10/h2-8H,9H2,1H3,(H2,15,16). The van der Waals surface area contributed by atoms with Crippen LogP contribution in [0.15, 0.2) is 42.6 Å². The Morgan fingerprint density at radius 1 is 1.29 bits per heavy atom. The minimum absolute atomic E-state index is 0.539. The molecule has 0 fully saturated rings. The smallest absolute Gasteiger partial charge is 0.146 e. The lowest BCUT2D eigenvalue weighted by molar-refractivity contribution is 0.920. The fraction of sp³-hybridized carbons (Fsp3) is 0.154. The molecule has 2 N–H and O–H groups in total. The van der Waals surface area contributed by atoms with Crippen molar-refractivity contribution in [2.75, 3.05) is 17.7 Å². The average Bonchev–Trinajstić information content (AvgIpc) is 2.29. The lowest BCUT2D eigenvalue weighted by Gasteiger charge is -2.20. The van der Waals surface area contributed by atoms with Crippen molar-refractivity contribution in [3.63, 3.8) is 0 Å². The fourth-order valence-corrected chi connectivity index (χ4v) is 1.94. The molecule has 2 aromatic rings. The van der Waals surface area contributed by atoms with Gasteiger partial charge in [0.1, 0.15) is 5.82 Å². The number of hydrogen-bond donors (Lipinski definition) is 1. The molecule has 88 valence electrons. The van der Waals surface area contributed by atoms with Crippen molar-refractivity contribution in [3.05, 3.63) is 53.2 Å². The van der Waals surface area contributed by atoms with E-state index in [9.17, 15) is 0 Å². The van der Waals surface area contributed by atoms with E-state index < -0.39 is 0 Å². The van der Waals surface area contributed by atoms with Crippen LogP contribution in [0.2, 0.25) is 5.02 Å². The molecule has 0 aliphatic heterocycles. The number of nitrogens with two attached hydrogens (primary N) is 1. The third kappa shape index (κ3) is 2.88. The summed E-state index contributed by atoms with van der Waals surface area (Å²) >= 11 is 5.95. The maximum absolute atomic E-state index is 5.95. The molecule has 1 aromatic carbocycles. The summed E-state index contributed by atoms with van der Waals surface area (Å²) in [5.41, 5.74) is 7.89. The van der Waals surface area contributed by atoms with Crippen LogP contribution in [0.25, 0.3) is 0 Å². The first kappa shape index (κ1) is 11.7. The van der Waals surface area contributed by atoms with Crippen molar-refractivity contribution < 1.29 is 0 Å². The molecule has 0 saturated heterocycles. The zero-order valence-electron chi connectivity index (χ0n) is 9.60. The number of anilines is 2. The average molecular weight is 248 g/mol. The van der Waals surface area contributed by atoms with Gasteiger partial charge in [-0.05, 0) is 29.8 Å². The van der Waals surface area contributed by atoms with E-state index in [0.29, 0.717) is 5.82 Å². The molecule has 0 amide bonds. The summed E-state index contributed by atoms with van der Waals surface area (Å²) in [5.74, 6) is 0.539. The first-order valence-corrected chi connectivity index (χ1v) is 5.70.